The molecule has 1 aliphatic carbocycles. The lowest BCUT2D eigenvalue weighted by Crippen LogP contribution is -2.26. The van der Waals surface area contributed by atoms with Crippen LogP contribution in [0.15, 0.2) is 0 Å². The Morgan fingerprint density at radius 2 is 1.85 bits per heavy atom. The maximum atomic E-state index is 9.23. The summed E-state index contributed by atoms with van der Waals surface area (Å²) in [6, 6.07) is 0. The minimum absolute atomic E-state index is 0.383. The van der Waals surface area contributed by atoms with Crippen LogP contribution in [-0.2, 0) is 0 Å². The van der Waals surface area contributed by atoms with Crippen molar-refractivity contribution in [3.8, 4) is 0 Å². The van der Waals surface area contributed by atoms with E-state index >= 15 is 0 Å². The van der Waals surface area contributed by atoms with Crippen LogP contribution in [0.5, 0.6) is 0 Å². The first-order valence-electron chi connectivity index (χ1n) is 5.73. The minimum Gasteiger partial charge on any atom is -0.396 e. The van der Waals surface area contributed by atoms with Crippen molar-refractivity contribution in [2.24, 2.45) is 17.8 Å². The van der Waals surface area contributed by atoms with Crippen molar-refractivity contribution in [1.29, 1.82) is 0 Å². The first-order valence-corrected chi connectivity index (χ1v) is 5.73. The molecule has 2 nitrogen and oxygen atoms in total. The first kappa shape index (κ1) is 9.47. The molecule has 2 atom stereocenters. The molecule has 2 fully saturated rings. The molecular weight excluding hydrogens is 162 g/mol. The molecule has 2 heteroatoms. The summed E-state index contributed by atoms with van der Waals surface area (Å²) in [7, 11) is 0. The minimum atomic E-state index is 0.383. The van der Waals surface area contributed by atoms with Crippen molar-refractivity contribution < 1.29 is 5.11 Å². The quantitative estimate of drug-likeness (QED) is 0.678. The normalized spacial score (nSPS) is 36.7. The summed E-state index contributed by atoms with van der Waals surface area (Å²) < 4.78 is 0. The van der Waals surface area contributed by atoms with Gasteiger partial charge in [0.25, 0.3) is 0 Å². The Morgan fingerprint density at radius 1 is 1.08 bits per heavy atom. The lowest BCUT2D eigenvalue weighted by atomic mass is 9.76. The van der Waals surface area contributed by atoms with E-state index in [0.717, 1.165) is 24.9 Å². The van der Waals surface area contributed by atoms with Gasteiger partial charge in [-0.05, 0) is 24.3 Å². The zero-order valence-corrected chi connectivity index (χ0v) is 8.34. The Bertz CT molecular complexity index is 154. The molecule has 13 heavy (non-hydrogen) atoms. The van der Waals surface area contributed by atoms with Crippen LogP contribution >= 0.6 is 0 Å². The Kier molecular flexibility index (Phi) is 3.23. The van der Waals surface area contributed by atoms with Gasteiger partial charge in [0.1, 0.15) is 0 Å². The average molecular weight is 183 g/mol. The van der Waals surface area contributed by atoms with Crippen molar-refractivity contribution in [3.05, 3.63) is 0 Å². The summed E-state index contributed by atoms with van der Waals surface area (Å²) in [5, 5.41) is 12.6. The zero-order chi connectivity index (χ0) is 9.10. The maximum Gasteiger partial charge on any atom is 0.0474 e. The van der Waals surface area contributed by atoms with Gasteiger partial charge in [-0.1, -0.05) is 32.1 Å². The van der Waals surface area contributed by atoms with Crippen LogP contribution in [0.4, 0.5) is 0 Å². The number of nitrogens with one attached hydrogen (secondary N) is 1. The highest BCUT2D eigenvalue weighted by atomic mass is 16.3. The standard InChI is InChI=1S/C11H21NO/c13-8-10-6-12-7-11(10)9-4-2-1-3-5-9/h9-13H,1-8H2/t10-,11+/m0/s1. The predicted molar refractivity (Wildman–Crippen MR) is 53.5 cm³/mol. The molecule has 0 unspecified atom stereocenters. The molecule has 1 saturated heterocycles. The highest BCUT2D eigenvalue weighted by Crippen LogP contribution is 2.35. The molecule has 0 radical (unpaired) electrons. The summed E-state index contributed by atoms with van der Waals surface area (Å²) >= 11 is 0. The van der Waals surface area contributed by atoms with Crippen LogP contribution in [0.25, 0.3) is 0 Å². The highest BCUT2D eigenvalue weighted by molar-refractivity contribution is 4.86. The Balaban J connectivity index is 1.90. The van der Waals surface area contributed by atoms with Gasteiger partial charge in [0.05, 0.1) is 0 Å². The molecule has 0 amide bonds. The van der Waals surface area contributed by atoms with E-state index in [1.54, 1.807) is 0 Å². The summed E-state index contributed by atoms with van der Waals surface area (Å²) in [5.41, 5.74) is 0. The Labute approximate surface area is 80.7 Å². The van der Waals surface area contributed by atoms with Crippen LogP contribution in [0, 0.1) is 17.8 Å². The van der Waals surface area contributed by atoms with Crippen LogP contribution in [0.1, 0.15) is 32.1 Å². The largest absolute Gasteiger partial charge is 0.396 e. The number of aliphatic hydroxyl groups excluding tert-OH is 1. The molecule has 76 valence electrons. The van der Waals surface area contributed by atoms with Gasteiger partial charge in [0, 0.05) is 13.2 Å². The molecule has 0 aromatic carbocycles. The Morgan fingerprint density at radius 3 is 2.54 bits per heavy atom. The molecule has 0 aromatic heterocycles. The predicted octanol–water partition coefficient (Wildman–Crippen LogP) is 1.39. The smallest absolute Gasteiger partial charge is 0.0474 e. The van der Waals surface area contributed by atoms with Crippen LogP contribution in [-0.4, -0.2) is 24.8 Å². The summed E-state index contributed by atoms with van der Waals surface area (Å²) in [5.74, 6) is 2.22. The van der Waals surface area contributed by atoms with Gasteiger partial charge in [-0.15, -0.1) is 0 Å². The molecule has 1 saturated carbocycles. The van der Waals surface area contributed by atoms with Crippen molar-refractivity contribution in [2.45, 2.75) is 32.1 Å². The van der Waals surface area contributed by atoms with Crippen molar-refractivity contribution in [1.82, 2.24) is 5.32 Å². The number of hydrogen-bond donors (Lipinski definition) is 2. The first-order chi connectivity index (χ1) is 6.42. The van der Waals surface area contributed by atoms with Gasteiger partial charge < -0.3 is 10.4 Å². The van der Waals surface area contributed by atoms with Gasteiger partial charge in [-0.25, -0.2) is 0 Å². The molecule has 1 aliphatic heterocycles. The van der Waals surface area contributed by atoms with Gasteiger partial charge >= 0.3 is 0 Å². The highest BCUT2D eigenvalue weighted by Gasteiger charge is 2.33. The second-order valence-corrected chi connectivity index (χ2v) is 4.66. The lowest BCUT2D eigenvalue weighted by Gasteiger charge is -2.30. The van der Waals surface area contributed by atoms with Crippen molar-refractivity contribution >= 4 is 0 Å². The molecule has 0 bridgehead atoms. The second-order valence-electron chi connectivity index (χ2n) is 4.66. The molecule has 0 spiro atoms. The third kappa shape index (κ3) is 2.05. The van der Waals surface area contributed by atoms with Crippen LogP contribution in [0.3, 0.4) is 0 Å². The summed E-state index contributed by atoms with van der Waals surface area (Å²) in [6.45, 7) is 2.57. The van der Waals surface area contributed by atoms with E-state index in [1.807, 2.05) is 0 Å². The molecule has 2 aliphatic rings. The average Bonchev–Trinajstić information content (AvgIpc) is 2.67. The fourth-order valence-corrected chi connectivity index (χ4v) is 3.07. The van der Waals surface area contributed by atoms with Crippen molar-refractivity contribution in [3.63, 3.8) is 0 Å². The van der Waals surface area contributed by atoms with E-state index in [2.05, 4.69) is 5.32 Å². The number of hydrogen-bond acceptors (Lipinski definition) is 2. The van der Waals surface area contributed by atoms with Gasteiger partial charge in [-0.3, -0.25) is 0 Å². The summed E-state index contributed by atoms with van der Waals surface area (Å²) in [6.07, 6.45) is 7.07. The number of rotatable bonds is 2. The molecule has 2 N–H and O–H groups in total. The number of aliphatic hydroxyl groups is 1. The van der Waals surface area contributed by atoms with E-state index in [9.17, 15) is 5.11 Å². The SMILES string of the molecule is OC[C@@H]1CNC[C@@H]1C1CCCCC1. The fourth-order valence-electron chi connectivity index (χ4n) is 3.07. The van der Waals surface area contributed by atoms with E-state index in [4.69, 9.17) is 0 Å². The van der Waals surface area contributed by atoms with Crippen molar-refractivity contribution in [2.75, 3.05) is 19.7 Å². The van der Waals surface area contributed by atoms with E-state index < -0.39 is 0 Å². The molecule has 2 rings (SSSR count). The van der Waals surface area contributed by atoms with E-state index in [-0.39, 0.29) is 0 Å². The molecule has 0 aromatic rings. The van der Waals surface area contributed by atoms with E-state index in [0.29, 0.717) is 12.5 Å². The molecular formula is C11H21NO. The third-order valence-electron chi connectivity index (χ3n) is 3.88. The summed E-state index contributed by atoms with van der Waals surface area (Å²) in [4.78, 5) is 0. The lowest BCUT2D eigenvalue weighted by molar-refractivity contribution is 0.150. The monoisotopic (exact) mass is 183 g/mol. The zero-order valence-electron chi connectivity index (χ0n) is 8.34. The van der Waals surface area contributed by atoms with Gasteiger partial charge in [0.2, 0.25) is 0 Å². The van der Waals surface area contributed by atoms with Gasteiger partial charge in [0.15, 0.2) is 0 Å². The molecule has 1 heterocycles. The topological polar surface area (TPSA) is 32.3 Å². The maximum absolute atomic E-state index is 9.23. The third-order valence-corrected chi connectivity index (χ3v) is 3.88. The second kappa shape index (κ2) is 4.43. The van der Waals surface area contributed by atoms with Gasteiger partial charge in [-0.2, -0.15) is 0 Å². The Hall–Kier alpha value is -0.0800. The fraction of sp³-hybridized carbons (Fsp3) is 1.00. The van der Waals surface area contributed by atoms with Crippen LogP contribution < -0.4 is 5.32 Å². The van der Waals surface area contributed by atoms with Crippen LogP contribution in [0.2, 0.25) is 0 Å². The van der Waals surface area contributed by atoms with E-state index in [1.165, 1.54) is 32.1 Å².